The van der Waals surface area contributed by atoms with E-state index in [2.05, 4.69) is 10.6 Å². The average molecular weight is 326 g/mol. The molecular formula is C14H18N2O5S. The van der Waals surface area contributed by atoms with E-state index in [9.17, 15) is 14.7 Å². The molecule has 0 heterocycles. The fourth-order valence-corrected chi connectivity index (χ4v) is 1.69. The van der Waals surface area contributed by atoms with E-state index in [-0.39, 0.29) is 30.3 Å². The minimum absolute atomic E-state index is 0.0341. The van der Waals surface area contributed by atoms with E-state index in [4.69, 9.17) is 21.7 Å². The van der Waals surface area contributed by atoms with Gasteiger partial charge in [0.25, 0.3) is 0 Å². The summed E-state index contributed by atoms with van der Waals surface area (Å²) in [6, 6.07) is 6.30. The van der Waals surface area contributed by atoms with Crippen LogP contribution in [-0.4, -0.2) is 42.4 Å². The minimum atomic E-state index is -0.473. The molecule has 0 aliphatic heterocycles. The summed E-state index contributed by atoms with van der Waals surface area (Å²) in [6.45, 7) is 0.476. The lowest BCUT2D eigenvalue weighted by atomic mass is 10.3. The van der Waals surface area contributed by atoms with Crippen molar-refractivity contribution in [2.24, 2.45) is 0 Å². The molecule has 0 saturated carbocycles. The number of carbonyl (C=O) groups is 2. The molecule has 3 N–H and O–H groups in total. The van der Waals surface area contributed by atoms with E-state index in [1.165, 1.54) is 19.2 Å². The molecule has 22 heavy (non-hydrogen) atoms. The van der Waals surface area contributed by atoms with Crippen molar-refractivity contribution in [1.29, 1.82) is 0 Å². The predicted molar refractivity (Wildman–Crippen MR) is 84.5 cm³/mol. The van der Waals surface area contributed by atoms with Crippen molar-refractivity contribution in [3.63, 3.8) is 0 Å². The third-order valence-electron chi connectivity index (χ3n) is 2.46. The Hall–Kier alpha value is -2.19. The van der Waals surface area contributed by atoms with E-state index in [0.29, 0.717) is 12.3 Å². The Kier molecular flexibility index (Phi) is 7.87. The van der Waals surface area contributed by atoms with Crippen LogP contribution < -0.4 is 10.6 Å². The van der Waals surface area contributed by atoms with Crippen LogP contribution in [0.4, 0.5) is 5.69 Å². The van der Waals surface area contributed by atoms with E-state index >= 15 is 0 Å². The molecule has 0 aliphatic rings. The Morgan fingerprint density at radius 3 is 2.73 bits per heavy atom. The van der Waals surface area contributed by atoms with Gasteiger partial charge in [-0.15, -0.1) is 0 Å². The second-order valence-corrected chi connectivity index (χ2v) is 4.67. The molecule has 0 aromatic heterocycles. The van der Waals surface area contributed by atoms with Crippen LogP contribution in [0.15, 0.2) is 24.3 Å². The number of anilines is 1. The Balaban J connectivity index is 2.26. The molecule has 1 amide bonds. The maximum absolute atomic E-state index is 11.6. The maximum Gasteiger partial charge on any atom is 0.306 e. The number of benzene rings is 1. The monoisotopic (exact) mass is 326 g/mol. The summed E-state index contributed by atoms with van der Waals surface area (Å²) in [4.78, 5) is 22.9. The van der Waals surface area contributed by atoms with Crippen LogP contribution >= 0.6 is 12.2 Å². The van der Waals surface area contributed by atoms with Crippen molar-refractivity contribution in [2.75, 3.05) is 25.6 Å². The first-order chi connectivity index (χ1) is 10.5. The molecule has 8 heteroatoms. The Labute approximate surface area is 133 Å². The first-order valence-corrected chi connectivity index (χ1v) is 6.96. The number of aromatic hydroxyl groups is 1. The summed E-state index contributed by atoms with van der Waals surface area (Å²) < 4.78 is 9.56. The van der Waals surface area contributed by atoms with E-state index in [1.54, 1.807) is 12.1 Å². The van der Waals surface area contributed by atoms with Gasteiger partial charge in [0.2, 0.25) is 5.91 Å². The number of phenols is 1. The fraction of sp³-hybridized carbons (Fsp3) is 0.357. The maximum atomic E-state index is 11.6. The zero-order valence-corrected chi connectivity index (χ0v) is 12.9. The zero-order valence-electron chi connectivity index (χ0n) is 12.1. The van der Waals surface area contributed by atoms with Crippen molar-refractivity contribution in [2.45, 2.75) is 12.8 Å². The number of phenolic OH excluding ortho intramolecular Hbond substituents is 1. The van der Waals surface area contributed by atoms with Crippen LogP contribution in [0.3, 0.4) is 0 Å². The number of thiocarbonyl (C=S) groups is 1. The quantitative estimate of drug-likeness (QED) is 0.393. The molecular weight excluding hydrogens is 308 g/mol. The normalized spacial score (nSPS) is 9.86. The summed E-state index contributed by atoms with van der Waals surface area (Å²) in [7, 11) is 1.50. The van der Waals surface area contributed by atoms with Gasteiger partial charge in [0, 0.05) is 25.3 Å². The van der Waals surface area contributed by atoms with Crippen LogP contribution in [0.2, 0.25) is 0 Å². The highest BCUT2D eigenvalue weighted by molar-refractivity contribution is 7.80. The lowest BCUT2D eigenvalue weighted by Crippen LogP contribution is -2.34. The van der Waals surface area contributed by atoms with Gasteiger partial charge in [-0.2, -0.15) is 0 Å². The van der Waals surface area contributed by atoms with Gasteiger partial charge in [-0.3, -0.25) is 9.59 Å². The van der Waals surface area contributed by atoms with Crippen molar-refractivity contribution in [3.8, 4) is 5.75 Å². The molecule has 0 spiro atoms. The van der Waals surface area contributed by atoms with Crippen LogP contribution in [0.1, 0.15) is 12.8 Å². The lowest BCUT2D eigenvalue weighted by Gasteiger charge is -2.09. The zero-order chi connectivity index (χ0) is 16.4. The number of esters is 1. The summed E-state index contributed by atoms with van der Waals surface area (Å²) in [5.41, 5.74) is 0.546. The van der Waals surface area contributed by atoms with Gasteiger partial charge in [-0.05, 0) is 24.4 Å². The summed E-state index contributed by atoms with van der Waals surface area (Å²) in [5, 5.41) is 14.6. The smallest absolute Gasteiger partial charge is 0.306 e. The van der Waals surface area contributed by atoms with Crippen LogP contribution in [0.5, 0.6) is 5.75 Å². The van der Waals surface area contributed by atoms with Gasteiger partial charge in [0.1, 0.15) is 12.4 Å². The Morgan fingerprint density at radius 2 is 2.05 bits per heavy atom. The van der Waals surface area contributed by atoms with Gasteiger partial charge in [0.15, 0.2) is 5.11 Å². The first kappa shape index (κ1) is 17.9. The number of nitrogens with one attached hydrogen (secondary N) is 2. The highest BCUT2D eigenvalue weighted by Crippen LogP contribution is 2.14. The number of rotatable bonds is 7. The van der Waals surface area contributed by atoms with Gasteiger partial charge < -0.3 is 25.2 Å². The Morgan fingerprint density at radius 1 is 1.27 bits per heavy atom. The number of hydrogen-bond donors (Lipinski definition) is 3. The molecule has 0 atom stereocenters. The molecule has 1 aromatic rings. The van der Waals surface area contributed by atoms with Gasteiger partial charge >= 0.3 is 5.97 Å². The number of carbonyl (C=O) groups excluding carboxylic acids is 2. The first-order valence-electron chi connectivity index (χ1n) is 6.55. The molecule has 0 radical (unpaired) electrons. The van der Waals surface area contributed by atoms with Gasteiger partial charge in [-0.25, -0.2) is 0 Å². The molecule has 1 aromatic carbocycles. The largest absolute Gasteiger partial charge is 0.508 e. The molecule has 0 aliphatic carbocycles. The third kappa shape index (κ3) is 7.55. The molecule has 0 unspecified atom stereocenters. The fourth-order valence-electron chi connectivity index (χ4n) is 1.46. The predicted octanol–water partition coefficient (Wildman–Crippen LogP) is 1.17. The van der Waals surface area contributed by atoms with E-state index < -0.39 is 11.9 Å². The van der Waals surface area contributed by atoms with Crippen LogP contribution in [0, 0.1) is 0 Å². The topological polar surface area (TPSA) is 96.9 Å². The molecule has 7 nitrogen and oxygen atoms in total. The van der Waals surface area contributed by atoms with Gasteiger partial charge in [0.05, 0.1) is 13.0 Å². The van der Waals surface area contributed by atoms with Crippen molar-refractivity contribution in [3.05, 3.63) is 24.3 Å². The van der Waals surface area contributed by atoms with Crippen molar-refractivity contribution < 1.29 is 24.2 Å². The summed E-state index contributed by atoms with van der Waals surface area (Å²) >= 11 is 4.96. The average Bonchev–Trinajstić information content (AvgIpc) is 2.45. The van der Waals surface area contributed by atoms with Gasteiger partial charge in [-0.1, -0.05) is 6.07 Å². The number of amides is 1. The Bertz CT molecular complexity index is 536. The second kappa shape index (κ2) is 9.69. The van der Waals surface area contributed by atoms with Crippen molar-refractivity contribution in [1.82, 2.24) is 5.32 Å². The third-order valence-corrected chi connectivity index (χ3v) is 2.67. The molecule has 0 saturated heterocycles. The van der Waals surface area contributed by atoms with E-state index in [1.807, 2.05) is 0 Å². The summed E-state index contributed by atoms with van der Waals surface area (Å²) in [6.07, 6.45) is -0.0715. The molecule has 120 valence electrons. The summed E-state index contributed by atoms with van der Waals surface area (Å²) in [5.74, 6) is -0.793. The molecule has 0 fully saturated rings. The lowest BCUT2D eigenvalue weighted by molar-refractivity contribution is -0.146. The van der Waals surface area contributed by atoms with Crippen LogP contribution in [0.25, 0.3) is 0 Å². The van der Waals surface area contributed by atoms with Crippen molar-refractivity contribution >= 4 is 34.9 Å². The van der Waals surface area contributed by atoms with Crippen LogP contribution in [-0.2, 0) is 19.1 Å². The SMILES string of the molecule is COCCOC(=O)CCC(=O)NC(=S)Nc1cccc(O)c1. The molecule has 0 bridgehead atoms. The number of methoxy groups -OCH3 is 1. The molecule has 1 rings (SSSR count). The van der Waals surface area contributed by atoms with E-state index in [0.717, 1.165) is 0 Å². The highest BCUT2D eigenvalue weighted by Gasteiger charge is 2.09. The number of ether oxygens (including phenoxy) is 2. The highest BCUT2D eigenvalue weighted by atomic mass is 32.1. The number of hydrogen-bond acceptors (Lipinski definition) is 6. The standard InChI is InChI=1S/C14H18N2O5S/c1-20-7-8-21-13(19)6-5-12(18)16-14(22)15-10-3-2-4-11(17)9-10/h2-4,9,17H,5-8H2,1H3,(H2,15,16,18,22). The minimum Gasteiger partial charge on any atom is -0.508 e. The second-order valence-electron chi connectivity index (χ2n) is 4.27.